The van der Waals surface area contributed by atoms with E-state index in [0.29, 0.717) is 35.2 Å². The number of methoxy groups -OCH3 is 1. The van der Waals surface area contributed by atoms with Crippen molar-refractivity contribution in [3.05, 3.63) is 64.7 Å². The number of amides is 2. The summed E-state index contributed by atoms with van der Waals surface area (Å²) >= 11 is 7.37. The SMILES string of the molecule is COc1ccc(C(=O)NCCNC(=O)CSCc2ccc(Cl)cc2)cc1. The molecule has 0 aromatic heterocycles. The van der Waals surface area contributed by atoms with Crippen LogP contribution in [-0.2, 0) is 10.5 Å². The molecule has 0 saturated carbocycles. The molecule has 2 aromatic rings. The summed E-state index contributed by atoms with van der Waals surface area (Å²) in [4.78, 5) is 23.8. The lowest BCUT2D eigenvalue weighted by atomic mass is 10.2. The van der Waals surface area contributed by atoms with Gasteiger partial charge in [0.15, 0.2) is 0 Å². The molecule has 0 radical (unpaired) electrons. The molecule has 0 saturated heterocycles. The quantitative estimate of drug-likeness (QED) is 0.643. The highest BCUT2D eigenvalue weighted by Gasteiger charge is 2.06. The van der Waals surface area contributed by atoms with Crippen molar-refractivity contribution in [2.45, 2.75) is 5.75 Å². The number of benzene rings is 2. The summed E-state index contributed by atoms with van der Waals surface area (Å²) in [6, 6.07) is 14.4. The van der Waals surface area contributed by atoms with Crippen molar-refractivity contribution < 1.29 is 14.3 Å². The van der Waals surface area contributed by atoms with E-state index in [2.05, 4.69) is 10.6 Å². The second-order valence-corrected chi connectivity index (χ2v) is 6.88. The fourth-order valence-electron chi connectivity index (χ4n) is 2.12. The van der Waals surface area contributed by atoms with Crippen LogP contribution < -0.4 is 15.4 Å². The third kappa shape index (κ3) is 6.98. The molecule has 7 heteroatoms. The smallest absolute Gasteiger partial charge is 0.251 e. The van der Waals surface area contributed by atoms with Gasteiger partial charge in [-0.1, -0.05) is 23.7 Å². The third-order valence-electron chi connectivity index (χ3n) is 3.50. The van der Waals surface area contributed by atoms with Gasteiger partial charge in [-0.05, 0) is 42.0 Å². The molecule has 26 heavy (non-hydrogen) atoms. The van der Waals surface area contributed by atoms with E-state index in [0.717, 1.165) is 11.3 Å². The van der Waals surface area contributed by atoms with E-state index in [-0.39, 0.29) is 11.8 Å². The van der Waals surface area contributed by atoms with Crippen molar-refractivity contribution in [3.8, 4) is 5.75 Å². The molecule has 0 atom stereocenters. The van der Waals surface area contributed by atoms with Gasteiger partial charge in [-0.2, -0.15) is 0 Å². The number of hydrogen-bond donors (Lipinski definition) is 2. The summed E-state index contributed by atoms with van der Waals surface area (Å²) in [7, 11) is 1.57. The zero-order chi connectivity index (χ0) is 18.8. The maximum atomic E-state index is 12.0. The Hall–Kier alpha value is -2.18. The van der Waals surface area contributed by atoms with Gasteiger partial charge in [-0.25, -0.2) is 0 Å². The van der Waals surface area contributed by atoms with E-state index in [9.17, 15) is 9.59 Å². The largest absolute Gasteiger partial charge is 0.497 e. The maximum Gasteiger partial charge on any atom is 0.251 e. The molecular weight excluding hydrogens is 372 g/mol. The van der Waals surface area contributed by atoms with Gasteiger partial charge in [-0.15, -0.1) is 11.8 Å². The second-order valence-electron chi connectivity index (χ2n) is 5.45. The molecule has 0 aliphatic rings. The summed E-state index contributed by atoms with van der Waals surface area (Å²) in [5, 5.41) is 6.25. The zero-order valence-electron chi connectivity index (χ0n) is 14.5. The Labute approximate surface area is 162 Å². The molecule has 2 aromatic carbocycles. The van der Waals surface area contributed by atoms with Crippen LogP contribution in [0, 0.1) is 0 Å². The van der Waals surface area contributed by atoms with Gasteiger partial charge in [0.2, 0.25) is 5.91 Å². The Morgan fingerprint density at radius 2 is 1.65 bits per heavy atom. The first-order valence-electron chi connectivity index (χ1n) is 8.09. The van der Waals surface area contributed by atoms with E-state index in [1.165, 1.54) is 11.8 Å². The highest BCUT2D eigenvalue weighted by Crippen LogP contribution is 2.15. The topological polar surface area (TPSA) is 67.4 Å². The van der Waals surface area contributed by atoms with Crippen molar-refractivity contribution in [1.82, 2.24) is 10.6 Å². The van der Waals surface area contributed by atoms with Gasteiger partial charge in [0.05, 0.1) is 12.9 Å². The van der Waals surface area contributed by atoms with Crippen LogP contribution in [0.15, 0.2) is 48.5 Å². The predicted molar refractivity (Wildman–Crippen MR) is 106 cm³/mol. The van der Waals surface area contributed by atoms with E-state index in [1.54, 1.807) is 31.4 Å². The van der Waals surface area contributed by atoms with Gasteiger partial charge in [0, 0.05) is 29.4 Å². The molecule has 0 heterocycles. The monoisotopic (exact) mass is 392 g/mol. The molecule has 0 aliphatic heterocycles. The first-order valence-corrected chi connectivity index (χ1v) is 9.63. The average Bonchev–Trinajstić information content (AvgIpc) is 2.66. The maximum absolute atomic E-state index is 12.0. The molecule has 2 N–H and O–H groups in total. The number of hydrogen-bond acceptors (Lipinski definition) is 4. The number of carbonyl (C=O) groups is 2. The fraction of sp³-hybridized carbons (Fsp3) is 0.263. The van der Waals surface area contributed by atoms with Crippen molar-refractivity contribution in [2.24, 2.45) is 0 Å². The Bertz CT molecular complexity index is 721. The van der Waals surface area contributed by atoms with Crippen molar-refractivity contribution in [1.29, 1.82) is 0 Å². The van der Waals surface area contributed by atoms with Gasteiger partial charge in [-0.3, -0.25) is 9.59 Å². The lowest BCUT2D eigenvalue weighted by molar-refractivity contribution is -0.118. The molecule has 0 unspecified atom stereocenters. The summed E-state index contributed by atoms with van der Waals surface area (Å²) in [5.41, 5.74) is 1.68. The number of thioether (sulfide) groups is 1. The van der Waals surface area contributed by atoms with E-state index < -0.39 is 0 Å². The first-order chi connectivity index (χ1) is 12.6. The Morgan fingerprint density at radius 1 is 1.00 bits per heavy atom. The Kier molecular flexibility index (Phi) is 8.31. The number of carbonyl (C=O) groups excluding carboxylic acids is 2. The molecule has 2 amide bonds. The molecule has 2 rings (SSSR count). The predicted octanol–water partition coefficient (Wildman–Crippen LogP) is 3.13. The second kappa shape index (κ2) is 10.7. The van der Waals surface area contributed by atoms with Gasteiger partial charge < -0.3 is 15.4 Å². The zero-order valence-corrected chi connectivity index (χ0v) is 16.0. The first kappa shape index (κ1) is 20.1. The van der Waals surface area contributed by atoms with E-state index >= 15 is 0 Å². The molecule has 138 valence electrons. The molecule has 5 nitrogen and oxygen atoms in total. The molecule has 0 spiro atoms. The standard InChI is InChI=1S/C19H21ClN2O3S/c1-25-17-8-4-15(5-9-17)19(24)22-11-10-21-18(23)13-26-12-14-2-6-16(20)7-3-14/h2-9H,10-13H2,1H3,(H,21,23)(H,22,24). The third-order valence-corrected chi connectivity index (χ3v) is 4.76. The highest BCUT2D eigenvalue weighted by molar-refractivity contribution is 7.99. The summed E-state index contributed by atoms with van der Waals surface area (Å²) in [5.74, 6) is 1.58. The minimum absolute atomic E-state index is 0.0531. The molecule has 0 bridgehead atoms. The fourth-order valence-corrected chi connectivity index (χ4v) is 3.06. The van der Waals surface area contributed by atoms with Crippen LogP contribution in [0.5, 0.6) is 5.75 Å². The number of ether oxygens (including phenoxy) is 1. The summed E-state index contributed by atoms with van der Waals surface area (Å²) in [6.45, 7) is 0.765. The minimum Gasteiger partial charge on any atom is -0.497 e. The van der Waals surface area contributed by atoms with Crippen LogP contribution in [0.1, 0.15) is 15.9 Å². The summed E-state index contributed by atoms with van der Waals surface area (Å²) < 4.78 is 5.05. The number of halogens is 1. The normalized spacial score (nSPS) is 10.2. The summed E-state index contributed by atoms with van der Waals surface area (Å²) in [6.07, 6.45) is 0. The van der Waals surface area contributed by atoms with Gasteiger partial charge in [0.25, 0.3) is 5.91 Å². The van der Waals surface area contributed by atoms with Crippen LogP contribution >= 0.6 is 23.4 Å². The Balaban J connectivity index is 1.59. The highest BCUT2D eigenvalue weighted by atomic mass is 35.5. The molecule has 0 fully saturated rings. The van der Waals surface area contributed by atoms with Crippen molar-refractivity contribution in [3.63, 3.8) is 0 Å². The van der Waals surface area contributed by atoms with Gasteiger partial charge >= 0.3 is 0 Å². The van der Waals surface area contributed by atoms with Crippen LogP contribution in [0.2, 0.25) is 5.02 Å². The minimum atomic E-state index is -0.181. The molecular formula is C19H21ClN2O3S. The lowest BCUT2D eigenvalue weighted by Gasteiger charge is -2.08. The van der Waals surface area contributed by atoms with Crippen molar-refractivity contribution in [2.75, 3.05) is 26.0 Å². The van der Waals surface area contributed by atoms with E-state index in [1.807, 2.05) is 24.3 Å². The van der Waals surface area contributed by atoms with Crippen LogP contribution in [0.3, 0.4) is 0 Å². The van der Waals surface area contributed by atoms with Crippen LogP contribution in [-0.4, -0.2) is 37.8 Å². The van der Waals surface area contributed by atoms with Crippen LogP contribution in [0.25, 0.3) is 0 Å². The lowest BCUT2D eigenvalue weighted by Crippen LogP contribution is -2.35. The molecule has 0 aliphatic carbocycles. The van der Waals surface area contributed by atoms with Crippen molar-refractivity contribution >= 4 is 35.2 Å². The number of rotatable bonds is 9. The number of nitrogens with one attached hydrogen (secondary N) is 2. The average molecular weight is 393 g/mol. The Morgan fingerprint density at radius 3 is 2.31 bits per heavy atom. The van der Waals surface area contributed by atoms with Gasteiger partial charge in [0.1, 0.15) is 5.75 Å². The van der Waals surface area contributed by atoms with E-state index in [4.69, 9.17) is 16.3 Å². The van der Waals surface area contributed by atoms with Crippen LogP contribution in [0.4, 0.5) is 0 Å².